The molecular weight excluding hydrogens is 142 g/mol. The van der Waals surface area contributed by atoms with Gasteiger partial charge < -0.3 is 9.52 Å². The first kappa shape index (κ1) is 7.83. The van der Waals surface area contributed by atoms with Crippen molar-refractivity contribution in [3.8, 4) is 6.07 Å². The summed E-state index contributed by atoms with van der Waals surface area (Å²) in [4.78, 5) is 0. The lowest BCUT2D eigenvalue weighted by atomic mass is 10.1. The number of hydrogen-bond acceptors (Lipinski definition) is 3. The molecule has 0 unspecified atom stereocenters. The molecule has 1 atom stereocenters. The average molecular weight is 151 g/mol. The number of hydrogen-bond donors (Lipinski definition) is 1. The van der Waals surface area contributed by atoms with Crippen molar-refractivity contribution < 1.29 is 9.52 Å². The Bertz CT molecular complexity index is 235. The van der Waals surface area contributed by atoms with E-state index in [4.69, 9.17) is 14.8 Å². The van der Waals surface area contributed by atoms with Gasteiger partial charge in [0.1, 0.15) is 5.76 Å². The van der Waals surface area contributed by atoms with Gasteiger partial charge in [-0.15, -0.1) is 0 Å². The molecule has 0 aliphatic heterocycles. The first-order chi connectivity index (χ1) is 5.36. The van der Waals surface area contributed by atoms with E-state index in [1.165, 1.54) is 0 Å². The molecule has 1 rings (SSSR count). The van der Waals surface area contributed by atoms with E-state index in [0.29, 0.717) is 6.42 Å². The summed E-state index contributed by atoms with van der Waals surface area (Å²) in [7, 11) is 0. The molecule has 0 fully saturated rings. The summed E-state index contributed by atoms with van der Waals surface area (Å²) in [6.45, 7) is -0.114. The fourth-order valence-electron chi connectivity index (χ4n) is 0.823. The zero-order valence-corrected chi connectivity index (χ0v) is 6.03. The van der Waals surface area contributed by atoms with E-state index >= 15 is 0 Å². The van der Waals surface area contributed by atoms with E-state index in [2.05, 4.69) is 0 Å². The molecule has 1 heterocycles. The Morgan fingerprint density at radius 2 is 2.55 bits per heavy atom. The molecular formula is C8H9NO2. The average Bonchev–Trinajstić information content (AvgIpc) is 2.52. The first-order valence-electron chi connectivity index (χ1n) is 3.39. The zero-order chi connectivity index (χ0) is 8.10. The molecule has 0 saturated heterocycles. The molecule has 0 radical (unpaired) electrons. The van der Waals surface area contributed by atoms with Crippen LogP contribution in [0.3, 0.4) is 0 Å². The van der Waals surface area contributed by atoms with Crippen molar-refractivity contribution in [1.29, 1.82) is 5.26 Å². The van der Waals surface area contributed by atoms with E-state index in [9.17, 15) is 0 Å². The molecule has 1 aromatic heterocycles. The second-order valence-corrected chi connectivity index (χ2v) is 2.29. The normalized spacial score (nSPS) is 12.4. The largest absolute Gasteiger partial charge is 0.469 e. The van der Waals surface area contributed by atoms with Crippen LogP contribution in [0, 0.1) is 17.2 Å². The molecule has 0 aliphatic rings. The van der Waals surface area contributed by atoms with Gasteiger partial charge in [-0.3, -0.25) is 0 Å². The zero-order valence-electron chi connectivity index (χ0n) is 6.03. The monoisotopic (exact) mass is 151 g/mol. The van der Waals surface area contributed by atoms with Crippen molar-refractivity contribution in [1.82, 2.24) is 0 Å². The minimum absolute atomic E-state index is 0.114. The first-order valence-corrected chi connectivity index (χ1v) is 3.39. The molecule has 3 nitrogen and oxygen atoms in total. The highest BCUT2D eigenvalue weighted by atomic mass is 16.3. The van der Waals surface area contributed by atoms with Crippen LogP contribution in [-0.2, 0) is 6.42 Å². The van der Waals surface area contributed by atoms with Crippen molar-refractivity contribution in [2.45, 2.75) is 6.42 Å². The molecule has 1 aromatic rings. The highest BCUT2D eigenvalue weighted by Gasteiger charge is 2.07. The van der Waals surface area contributed by atoms with Gasteiger partial charge in [-0.25, -0.2) is 0 Å². The molecule has 0 aliphatic carbocycles. The van der Waals surface area contributed by atoms with Gasteiger partial charge in [-0.2, -0.15) is 5.26 Å². The van der Waals surface area contributed by atoms with E-state index in [1.807, 2.05) is 6.07 Å². The van der Waals surface area contributed by atoms with Gasteiger partial charge in [0.05, 0.1) is 24.9 Å². The summed E-state index contributed by atoms with van der Waals surface area (Å²) in [6, 6.07) is 5.54. The standard InChI is InChI=1S/C8H9NO2/c9-5-7(6-10)4-8-2-1-3-11-8/h1-3,7,10H,4,6H2/t7-/m1/s1. The van der Waals surface area contributed by atoms with Gasteiger partial charge >= 0.3 is 0 Å². The molecule has 1 N–H and O–H groups in total. The predicted molar refractivity (Wildman–Crippen MR) is 38.6 cm³/mol. The Balaban J connectivity index is 2.49. The fourth-order valence-corrected chi connectivity index (χ4v) is 0.823. The maximum absolute atomic E-state index is 8.66. The SMILES string of the molecule is N#C[C@H](CO)Cc1ccco1. The van der Waals surface area contributed by atoms with Crippen molar-refractivity contribution >= 4 is 0 Å². The highest BCUT2D eigenvalue weighted by molar-refractivity contribution is 5.02. The summed E-state index contributed by atoms with van der Waals surface area (Å²) in [5.74, 6) is 0.395. The minimum atomic E-state index is -0.346. The molecule has 0 bridgehead atoms. The predicted octanol–water partition coefficient (Wildman–Crippen LogP) is 0.954. The minimum Gasteiger partial charge on any atom is -0.469 e. The number of nitrogens with zero attached hydrogens (tertiary/aromatic N) is 1. The van der Waals surface area contributed by atoms with Gasteiger partial charge in [0, 0.05) is 6.42 Å². The maximum Gasteiger partial charge on any atom is 0.105 e. The van der Waals surface area contributed by atoms with Crippen LogP contribution in [0.4, 0.5) is 0 Å². The third-order valence-electron chi connectivity index (χ3n) is 1.43. The Morgan fingerprint density at radius 1 is 1.73 bits per heavy atom. The van der Waals surface area contributed by atoms with Crippen LogP contribution in [0.25, 0.3) is 0 Å². The van der Waals surface area contributed by atoms with Crippen molar-refractivity contribution in [3.63, 3.8) is 0 Å². The molecule has 0 aromatic carbocycles. The van der Waals surface area contributed by atoms with Crippen LogP contribution < -0.4 is 0 Å². The summed E-state index contributed by atoms with van der Waals surface area (Å²) in [6.07, 6.45) is 2.04. The summed E-state index contributed by atoms with van der Waals surface area (Å²) >= 11 is 0. The van der Waals surface area contributed by atoms with Crippen LogP contribution in [0.2, 0.25) is 0 Å². The van der Waals surface area contributed by atoms with Gasteiger partial charge in [0.15, 0.2) is 0 Å². The molecule has 0 saturated carbocycles. The summed E-state index contributed by atoms with van der Waals surface area (Å²) in [5, 5.41) is 17.1. The topological polar surface area (TPSA) is 57.2 Å². The van der Waals surface area contributed by atoms with Crippen LogP contribution in [0.1, 0.15) is 5.76 Å². The van der Waals surface area contributed by atoms with Crippen LogP contribution >= 0.6 is 0 Å². The highest BCUT2D eigenvalue weighted by Crippen LogP contribution is 2.07. The number of furan rings is 1. The van der Waals surface area contributed by atoms with E-state index in [1.54, 1.807) is 18.4 Å². The van der Waals surface area contributed by atoms with E-state index in [-0.39, 0.29) is 12.5 Å². The quantitative estimate of drug-likeness (QED) is 0.699. The van der Waals surface area contributed by atoms with Crippen LogP contribution in [0.5, 0.6) is 0 Å². The Hall–Kier alpha value is -1.27. The Morgan fingerprint density at radius 3 is 3.00 bits per heavy atom. The number of aliphatic hydroxyl groups excluding tert-OH is 1. The van der Waals surface area contributed by atoms with Crippen molar-refractivity contribution in [3.05, 3.63) is 24.2 Å². The van der Waals surface area contributed by atoms with Gasteiger partial charge in [0.25, 0.3) is 0 Å². The summed E-state index contributed by atoms with van der Waals surface area (Å²) in [5.41, 5.74) is 0. The number of aliphatic hydroxyl groups is 1. The van der Waals surface area contributed by atoms with Gasteiger partial charge in [-0.05, 0) is 12.1 Å². The lowest BCUT2D eigenvalue weighted by molar-refractivity contribution is 0.250. The molecule has 58 valence electrons. The molecule has 0 amide bonds. The Kier molecular flexibility index (Phi) is 2.70. The van der Waals surface area contributed by atoms with E-state index < -0.39 is 0 Å². The van der Waals surface area contributed by atoms with Crippen LogP contribution in [0.15, 0.2) is 22.8 Å². The lowest BCUT2D eigenvalue weighted by Gasteiger charge is -2.00. The fraction of sp³-hybridized carbons (Fsp3) is 0.375. The smallest absolute Gasteiger partial charge is 0.105 e. The third kappa shape index (κ3) is 2.10. The molecule has 0 spiro atoms. The summed E-state index contributed by atoms with van der Waals surface area (Å²) < 4.78 is 5.01. The van der Waals surface area contributed by atoms with Crippen molar-refractivity contribution in [2.24, 2.45) is 5.92 Å². The second-order valence-electron chi connectivity index (χ2n) is 2.29. The number of rotatable bonds is 3. The molecule has 3 heteroatoms. The Labute approximate surface area is 64.9 Å². The third-order valence-corrected chi connectivity index (χ3v) is 1.43. The second kappa shape index (κ2) is 3.79. The maximum atomic E-state index is 8.66. The van der Waals surface area contributed by atoms with Gasteiger partial charge in [0.2, 0.25) is 0 Å². The molecule has 11 heavy (non-hydrogen) atoms. The van der Waals surface area contributed by atoms with Gasteiger partial charge in [-0.1, -0.05) is 0 Å². The lowest BCUT2D eigenvalue weighted by Crippen LogP contribution is -2.05. The van der Waals surface area contributed by atoms with Crippen molar-refractivity contribution in [2.75, 3.05) is 6.61 Å². The van der Waals surface area contributed by atoms with Crippen LogP contribution in [-0.4, -0.2) is 11.7 Å². The number of nitriles is 1. The van der Waals surface area contributed by atoms with E-state index in [0.717, 1.165) is 5.76 Å².